The summed E-state index contributed by atoms with van der Waals surface area (Å²) in [5.74, 6) is 2.60. The fourth-order valence-electron chi connectivity index (χ4n) is 8.71. The molecule has 7 atom stereocenters. The Kier molecular flexibility index (Phi) is 6.35. The molecule has 0 bridgehead atoms. The summed E-state index contributed by atoms with van der Waals surface area (Å²) in [6.07, 6.45) is 10.9. The number of carbonyl (C=O) groups excluding carboxylic acids is 2. The van der Waals surface area contributed by atoms with Crippen LogP contribution in [0.1, 0.15) is 99.9 Å². The average Bonchev–Trinajstić information content (AvgIpc) is 2.83. The number of rotatable bonds is 5. The van der Waals surface area contributed by atoms with Crippen LogP contribution < -0.4 is 0 Å². The van der Waals surface area contributed by atoms with E-state index < -0.39 is 5.60 Å². The monoisotopic (exact) mass is 464 g/mol. The molecule has 0 heterocycles. The molecular weight excluding hydrogens is 424 g/mol. The molecule has 4 heteroatoms. The summed E-state index contributed by atoms with van der Waals surface area (Å²) in [6, 6.07) is 8.21. The highest BCUT2D eigenvalue weighted by Gasteiger charge is 2.62. The maximum absolute atomic E-state index is 12.2. The van der Waals surface area contributed by atoms with E-state index >= 15 is 0 Å². The van der Waals surface area contributed by atoms with Crippen molar-refractivity contribution in [3.05, 3.63) is 47.0 Å². The molecule has 0 amide bonds. The molecule has 0 saturated heterocycles. The first kappa shape index (κ1) is 23.9. The van der Waals surface area contributed by atoms with Crippen LogP contribution in [-0.2, 0) is 4.79 Å². The van der Waals surface area contributed by atoms with Gasteiger partial charge in [0, 0.05) is 18.6 Å². The van der Waals surface area contributed by atoms with Gasteiger partial charge in [0.2, 0.25) is 0 Å². The van der Waals surface area contributed by atoms with E-state index in [4.69, 9.17) is 0 Å². The van der Waals surface area contributed by atoms with Crippen molar-refractivity contribution in [3.8, 4) is 0 Å². The molecule has 2 N–H and O–H groups in total. The third-order valence-electron chi connectivity index (χ3n) is 10.4. The van der Waals surface area contributed by atoms with Crippen LogP contribution in [0.3, 0.4) is 0 Å². The Hall–Kier alpha value is -1.78. The third kappa shape index (κ3) is 3.82. The standard InChI is InChI=1S/C30H40O4/c1-19(32)20-6-8-21(9-7-20)26-18-29(2)27(5-3-14-30(29,34)15-4-16-31)25-12-10-22-17-23(33)11-13-24(22)28(25)26/h6-9,17,24-28,31,34H,3-5,10-16,18H2,1-2H3/t24-,25-,26+,27-,28+,29-,30?/m0/s1. The second-order valence-electron chi connectivity index (χ2n) is 11.9. The molecule has 4 aliphatic rings. The van der Waals surface area contributed by atoms with Gasteiger partial charge in [-0.05, 0) is 105 Å². The van der Waals surface area contributed by atoms with Crippen molar-refractivity contribution in [2.75, 3.05) is 6.61 Å². The highest BCUT2D eigenvalue weighted by atomic mass is 16.3. The van der Waals surface area contributed by atoms with E-state index in [-0.39, 0.29) is 23.6 Å². The fourth-order valence-corrected chi connectivity index (χ4v) is 8.71. The van der Waals surface area contributed by atoms with E-state index in [0.29, 0.717) is 48.9 Å². The SMILES string of the molecule is CC(=O)c1ccc([C@H]2C[C@@]3(C)[C@@H](CCCC3(O)CCCO)[C@@H]3CCC4=CC(=O)CC[C@@H]4[C@H]32)cc1. The first-order valence-corrected chi connectivity index (χ1v) is 13.4. The summed E-state index contributed by atoms with van der Waals surface area (Å²) in [4.78, 5) is 24.1. The smallest absolute Gasteiger partial charge is 0.159 e. The largest absolute Gasteiger partial charge is 0.396 e. The molecule has 0 aromatic heterocycles. The van der Waals surface area contributed by atoms with Gasteiger partial charge in [-0.1, -0.05) is 43.2 Å². The summed E-state index contributed by atoms with van der Waals surface area (Å²) in [5.41, 5.74) is 2.42. The number of hydrogen-bond acceptors (Lipinski definition) is 4. The van der Waals surface area contributed by atoms with Gasteiger partial charge in [-0.3, -0.25) is 9.59 Å². The van der Waals surface area contributed by atoms with Crippen molar-refractivity contribution in [2.24, 2.45) is 29.1 Å². The highest BCUT2D eigenvalue weighted by molar-refractivity contribution is 5.94. The Balaban J connectivity index is 1.59. The number of benzene rings is 1. The van der Waals surface area contributed by atoms with Gasteiger partial charge in [0.15, 0.2) is 11.6 Å². The van der Waals surface area contributed by atoms with Crippen molar-refractivity contribution in [1.82, 2.24) is 0 Å². The minimum Gasteiger partial charge on any atom is -0.396 e. The maximum atomic E-state index is 12.2. The molecule has 1 aromatic rings. The molecule has 1 unspecified atom stereocenters. The van der Waals surface area contributed by atoms with Crippen LogP contribution in [0.2, 0.25) is 0 Å². The van der Waals surface area contributed by atoms with Crippen LogP contribution in [0, 0.1) is 29.1 Å². The lowest BCUT2D eigenvalue weighted by molar-refractivity contribution is -0.194. The van der Waals surface area contributed by atoms with Crippen molar-refractivity contribution in [3.63, 3.8) is 0 Å². The van der Waals surface area contributed by atoms with E-state index in [2.05, 4.69) is 19.1 Å². The second-order valence-corrected chi connectivity index (χ2v) is 11.9. The quantitative estimate of drug-likeness (QED) is 0.555. The van der Waals surface area contributed by atoms with E-state index in [1.165, 1.54) is 17.6 Å². The molecule has 34 heavy (non-hydrogen) atoms. The molecule has 0 radical (unpaired) electrons. The Bertz CT molecular complexity index is 978. The zero-order valence-corrected chi connectivity index (χ0v) is 20.8. The molecule has 3 fully saturated rings. The second kappa shape index (κ2) is 9.02. The molecule has 4 nitrogen and oxygen atoms in total. The van der Waals surface area contributed by atoms with E-state index in [1.807, 2.05) is 18.2 Å². The van der Waals surface area contributed by atoms with Crippen LogP contribution in [0.15, 0.2) is 35.9 Å². The number of carbonyl (C=O) groups is 2. The number of aliphatic hydroxyl groups excluding tert-OH is 1. The van der Waals surface area contributed by atoms with Gasteiger partial charge in [0.25, 0.3) is 0 Å². The Morgan fingerprint density at radius 2 is 1.85 bits per heavy atom. The van der Waals surface area contributed by atoms with Crippen LogP contribution in [0.4, 0.5) is 0 Å². The topological polar surface area (TPSA) is 74.6 Å². The van der Waals surface area contributed by atoms with Gasteiger partial charge in [0.05, 0.1) is 5.60 Å². The maximum Gasteiger partial charge on any atom is 0.159 e. The molecular formula is C30H40O4. The van der Waals surface area contributed by atoms with E-state index in [9.17, 15) is 19.8 Å². The lowest BCUT2D eigenvalue weighted by atomic mass is 9.41. The summed E-state index contributed by atoms with van der Waals surface area (Å²) in [6.45, 7) is 4.06. The third-order valence-corrected chi connectivity index (χ3v) is 10.4. The average molecular weight is 465 g/mol. The molecule has 0 spiro atoms. The number of fused-ring (bicyclic) bond motifs is 5. The molecule has 3 saturated carbocycles. The van der Waals surface area contributed by atoms with Gasteiger partial charge in [-0.2, -0.15) is 0 Å². The number of aliphatic hydroxyl groups is 2. The molecule has 4 aliphatic carbocycles. The lowest BCUT2D eigenvalue weighted by Crippen LogP contribution is -2.61. The predicted molar refractivity (Wildman–Crippen MR) is 133 cm³/mol. The normalized spacial score (nSPS) is 39.5. The minimum absolute atomic E-state index is 0.0828. The Labute approximate surface area is 203 Å². The first-order valence-electron chi connectivity index (χ1n) is 13.4. The van der Waals surface area contributed by atoms with Gasteiger partial charge >= 0.3 is 0 Å². The summed E-state index contributed by atoms with van der Waals surface area (Å²) >= 11 is 0. The molecule has 5 rings (SSSR count). The molecule has 1 aromatic carbocycles. The number of allylic oxidation sites excluding steroid dienone is 2. The number of hydrogen-bond donors (Lipinski definition) is 2. The minimum atomic E-state index is -0.750. The number of ketones is 2. The zero-order chi connectivity index (χ0) is 24.1. The zero-order valence-electron chi connectivity index (χ0n) is 20.8. The lowest BCUT2D eigenvalue weighted by Gasteiger charge is -2.64. The van der Waals surface area contributed by atoms with Crippen LogP contribution in [0.25, 0.3) is 0 Å². The van der Waals surface area contributed by atoms with Crippen LogP contribution >= 0.6 is 0 Å². The molecule has 184 valence electrons. The van der Waals surface area contributed by atoms with E-state index in [0.717, 1.165) is 44.1 Å². The summed E-state index contributed by atoms with van der Waals surface area (Å²) in [7, 11) is 0. The van der Waals surface area contributed by atoms with Gasteiger partial charge < -0.3 is 10.2 Å². The van der Waals surface area contributed by atoms with Crippen molar-refractivity contribution in [2.45, 2.75) is 89.6 Å². The fraction of sp³-hybridized carbons (Fsp3) is 0.667. The van der Waals surface area contributed by atoms with Crippen LogP contribution in [0.5, 0.6) is 0 Å². The number of Topliss-reactive ketones (excluding diaryl/α,β-unsaturated/α-hetero) is 1. The van der Waals surface area contributed by atoms with Crippen molar-refractivity contribution >= 4 is 11.6 Å². The predicted octanol–water partition coefficient (Wildman–Crippen LogP) is 5.62. The Morgan fingerprint density at radius 3 is 2.56 bits per heavy atom. The van der Waals surface area contributed by atoms with Crippen molar-refractivity contribution in [1.29, 1.82) is 0 Å². The van der Waals surface area contributed by atoms with Gasteiger partial charge in [-0.15, -0.1) is 0 Å². The Morgan fingerprint density at radius 1 is 1.09 bits per heavy atom. The highest BCUT2D eigenvalue weighted by Crippen LogP contribution is 2.67. The summed E-state index contributed by atoms with van der Waals surface area (Å²) < 4.78 is 0. The van der Waals surface area contributed by atoms with Crippen LogP contribution in [-0.4, -0.2) is 34.0 Å². The van der Waals surface area contributed by atoms with Gasteiger partial charge in [0.1, 0.15) is 0 Å². The van der Waals surface area contributed by atoms with Gasteiger partial charge in [-0.25, -0.2) is 0 Å². The molecule has 0 aliphatic heterocycles. The summed E-state index contributed by atoms with van der Waals surface area (Å²) in [5, 5.41) is 21.6. The van der Waals surface area contributed by atoms with Crippen molar-refractivity contribution < 1.29 is 19.8 Å². The van der Waals surface area contributed by atoms with E-state index in [1.54, 1.807) is 6.92 Å². The first-order chi connectivity index (χ1) is 16.3.